The van der Waals surface area contributed by atoms with Gasteiger partial charge in [0.2, 0.25) is 0 Å². The Bertz CT molecular complexity index is 739. The number of hydrogen-bond acceptors (Lipinski definition) is 4. The van der Waals surface area contributed by atoms with E-state index in [0.717, 1.165) is 17.5 Å². The van der Waals surface area contributed by atoms with Crippen molar-refractivity contribution in [2.75, 3.05) is 12.4 Å². The SMILES string of the molecule is COc1ccc2c(c1)C(C(=O)Nc1ccccn1)=C(N)CC2. The lowest BCUT2D eigenvalue weighted by molar-refractivity contribution is -0.111. The number of methoxy groups -OCH3 is 1. The molecule has 2 aromatic rings. The number of anilines is 1. The minimum atomic E-state index is -0.245. The average molecular weight is 295 g/mol. The fourth-order valence-corrected chi connectivity index (χ4v) is 2.58. The van der Waals surface area contributed by atoms with E-state index in [1.165, 1.54) is 0 Å². The maximum absolute atomic E-state index is 12.6. The Hall–Kier alpha value is -2.82. The molecule has 3 rings (SSSR count). The Morgan fingerprint density at radius 1 is 1.27 bits per heavy atom. The van der Waals surface area contributed by atoms with Crippen molar-refractivity contribution in [2.45, 2.75) is 12.8 Å². The molecule has 1 aromatic heterocycles. The van der Waals surface area contributed by atoms with Crippen LogP contribution in [0.5, 0.6) is 5.75 Å². The summed E-state index contributed by atoms with van der Waals surface area (Å²) >= 11 is 0. The lowest BCUT2D eigenvalue weighted by Gasteiger charge is -2.21. The van der Waals surface area contributed by atoms with Crippen molar-refractivity contribution in [1.82, 2.24) is 4.98 Å². The van der Waals surface area contributed by atoms with Gasteiger partial charge < -0.3 is 15.8 Å². The second-order valence-corrected chi connectivity index (χ2v) is 5.09. The van der Waals surface area contributed by atoms with E-state index in [2.05, 4.69) is 10.3 Å². The van der Waals surface area contributed by atoms with E-state index in [9.17, 15) is 4.79 Å². The van der Waals surface area contributed by atoms with Crippen LogP contribution in [-0.4, -0.2) is 18.0 Å². The predicted octanol–water partition coefficient (Wildman–Crippen LogP) is 2.34. The van der Waals surface area contributed by atoms with Crippen LogP contribution in [0.15, 0.2) is 48.3 Å². The zero-order valence-corrected chi connectivity index (χ0v) is 12.3. The van der Waals surface area contributed by atoms with Crippen LogP contribution < -0.4 is 15.8 Å². The Morgan fingerprint density at radius 2 is 2.14 bits per heavy atom. The summed E-state index contributed by atoms with van der Waals surface area (Å²) in [7, 11) is 1.60. The number of benzene rings is 1. The van der Waals surface area contributed by atoms with Crippen molar-refractivity contribution < 1.29 is 9.53 Å². The molecule has 1 heterocycles. The van der Waals surface area contributed by atoms with Crippen molar-refractivity contribution in [3.63, 3.8) is 0 Å². The van der Waals surface area contributed by atoms with E-state index in [1.54, 1.807) is 25.4 Å². The number of carbonyl (C=O) groups excluding carboxylic acids is 1. The molecule has 1 aliphatic rings. The maximum Gasteiger partial charge on any atom is 0.259 e. The van der Waals surface area contributed by atoms with E-state index >= 15 is 0 Å². The fraction of sp³-hybridized carbons (Fsp3) is 0.176. The maximum atomic E-state index is 12.6. The third-order valence-electron chi connectivity index (χ3n) is 3.70. The fourth-order valence-electron chi connectivity index (χ4n) is 2.58. The minimum Gasteiger partial charge on any atom is -0.497 e. The summed E-state index contributed by atoms with van der Waals surface area (Å²) in [4.78, 5) is 16.7. The molecule has 0 bridgehead atoms. The highest BCUT2D eigenvalue weighted by Crippen LogP contribution is 2.32. The van der Waals surface area contributed by atoms with Crippen molar-refractivity contribution in [2.24, 2.45) is 5.73 Å². The number of rotatable bonds is 3. The molecule has 1 aromatic carbocycles. The highest BCUT2D eigenvalue weighted by atomic mass is 16.5. The van der Waals surface area contributed by atoms with Crippen LogP contribution in [0.2, 0.25) is 0 Å². The second-order valence-electron chi connectivity index (χ2n) is 5.09. The quantitative estimate of drug-likeness (QED) is 0.911. The molecular weight excluding hydrogens is 278 g/mol. The van der Waals surface area contributed by atoms with Crippen molar-refractivity contribution >= 4 is 17.3 Å². The van der Waals surface area contributed by atoms with Crippen molar-refractivity contribution in [1.29, 1.82) is 0 Å². The number of nitrogens with two attached hydrogens (primary N) is 1. The third kappa shape index (κ3) is 2.65. The topological polar surface area (TPSA) is 77.2 Å². The van der Waals surface area contributed by atoms with E-state index in [-0.39, 0.29) is 5.91 Å². The number of amides is 1. The van der Waals surface area contributed by atoms with Crippen LogP contribution in [0.25, 0.3) is 5.57 Å². The van der Waals surface area contributed by atoms with Crippen LogP contribution >= 0.6 is 0 Å². The van der Waals surface area contributed by atoms with Gasteiger partial charge in [-0.15, -0.1) is 0 Å². The highest BCUT2D eigenvalue weighted by molar-refractivity contribution is 6.26. The summed E-state index contributed by atoms with van der Waals surface area (Å²) < 4.78 is 5.25. The summed E-state index contributed by atoms with van der Waals surface area (Å²) in [5.41, 5.74) is 9.12. The lowest BCUT2D eigenvalue weighted by atomic mass is 9.88. The summed E-state index contributed by atoms with van der Waals surface area (Å²) in [6.45, 7) is 0. The van der Waals surface area contributed by atoms with Gasteiger partial charge in [0.1, 0.15) is 11.6 Å². The first-order valence-corrected chi connectivity index (χ1v) is 7.07. The first kappa shape index (κ1) is 14.1. The molecule has 0 atom stereocenters. The predicted molar refractivity (Wildman–Crippen MR) is 85.3 cm³/mol. The molecule has 0 spiro atoms. The molecule has 0 radical (unpaired) electrons. The number of allylic oxidation sites excluding steroid dienone is 1. The van der Waals surface area contributed by atoms with Crippen LogP contribution in [0, 0.1) is 0 Å². The number of ether oxygens (including phenoxy) is 1. The Kier molecular flexibility index (Phi) is 3.78. The van der Waals surface area contributed by atoms with Gasteiger partial charge in [-0.3, -0.25) is 4.79 Å². The normalized spacial score (nSPS) is 13.5. The number of aromatic nitrogens is 1. The molecule has 0 fully saturated rings. The molecule has 0 unspecified atom stereocenters. The third-order valence-corrected chi connectivity index (χ3v) is 3.70. The van der Waals surface area contributed by atoms with Gasteiger partial charge in [0.05, 0.1) is 12.7 Å². The number of nitrogens with zero attached hydrogens (tertiary/aromatic N) is 1. The summed E-state index contributed by atoms with van der Waals surface area (Å²) in [6.07, 6.45) is 3.13. The molecular formula is C17H17N3O2. The van der Waals surface area contributed by atoms with Gasteiger partial charge in [-0.25, -0.2) is 4.98 Å². The Balaban J connectivity index is 1.97. The summed E-state index contributed by atoms with van der Waals surface area (Å²) in [5, 5.41) is 2.79. The first-order chi connectivity index (χ1) is 10.7. The Labute approximate surface area is 128 Å². The number of nitrogens with one attached hydrogen (secondary N) is 1. The largest absolute Gasteiger partial charge is 0.497 e. The van der Waals surface area contributed by atoms with E-state index in [0.29, 0.717) is 29.3 Å². The van der Waals surface area contributed by atoms with Crippen molar-refractivity contribution in [3.05, 3.63) is 59.4 Å². The van der Waals surface area contributed by atoms with Gasteiger partial charge in [0.15, 0.2) is 0 Å². The molecule has 112 valence electrons. The van der Waals surface area contributed by atoms with Gasteiger partial charge in [0, 0.05) is 11.9 Å². The molecule has 5 nitrogen and oxygen atoms in total. The minimum absolute atomic E-state index is 0.245. The highest BCUT2D eigenvalue weighted by Gasteiger charge is 2.24. The molecule has 0 saturated carbocycles. The molecule has 1 aliphatic carbocycles. The Morgan fingerprint density at radius 3 is 2.86 bits per heavy atom. The van der Waals surface area contributed by atoms with E-state index < -0.39 is 0 Å². The van der Waals surface area contributed by atoms with Gasteiger partial charge in [0.25, 0.3) is 5.91 Å². The molecule has 1 amide bonds. The zero-order valence-electron chi connectivity index (χ0n) is 12.3. The van der Waals surface area contributed by atoms with E-state index in [1.807, 2.05) is 24.3 Å². The van der Waals surface area contributed by atoms with Gasteiger partial charge in [-0.05, 0) is 48.2 Å². The van der Waals surface area contributed by atoms with E-state index in [4.69, 9.17) is 10.5 Å². The number of pyridine rings is 1. The molecule has 0 saturated heterocycles. The second kappa shape index (κ2) is 5.89. The molecule has 22 heavy (non-hydrogen) atoms. The molecule has 5 heteroatoms. The lowest BCUT2D eigenvalue weighted by Crippen LogP contribution is -2.22. The zero-order chi connectivity index (χ0) is 15.5. The number of carbonyl (C=O) groups is 1. The smallest absolute Gasteiger partial charge is 0.259 e. The average Bonchev–Trinajstić information content (AvgIpc) is 2.55. The standard InChI is InChI=1S/C17H17N3O2/c1-22-12-7-5-11-6-8-14(18)16(13(11)10-12)17(21)20-15-4-2-3-9-19-15/h2-5,7,9-10H,6,8,18H2,1H3,(H,19,20,21). The molecule has 3 N–H and O–H groups in total. The summed E-state index contributed by atoms with van der Waals surface area (Å²) in [6, 6.07) is 11.1. The van der Waals surface area contributed by atoms with Crippen LogP contribution in [0.1, 0.15) is 17.5 Å². The van der Waals surface area contributed by atoms with Crippen LogP contribution in [0.3, 0.4) is 0 Å². The van der Waals surface area contributed by atoms with Crippen LogP contribution in [-0.2, 0) is 11.2 Å². The number of aryl methyl sites for hydroxylation is 1. The van der Waals surface area contributed by atoms with Crippen molar-refractivity contribution in [3.8, 4) is 5.75 Å². The monoisotopic (exact) mass is 295 g/mol. The molecule has 0 aliphatic heterocycles. The van der Waals surface area contributed by atoms with Gasteiger partial charge in [-0.1, -0.05) is 12.1 Å². The summed E-state index contributed by atoms with van der Waals surface area (Å²) in [5.74, 6) is 0.963. The number of hydrogen-bond donors (Lipinski definition) is 2. The van der Waals surface area contributed by atoms with Gasteiger partial charge in [-0.2, -0.15) is 0 Å². The van der Waals surface area contributed by atoms with Gasteiger partial charge >= 0.3 is 0 Å². The number of fused-ring (bicyclic) bond motifs is 1. The first-order valence-electron chi connectivity index (χ1n) is 7.07. The van der Waals surface area contributed by atoms with Crippen LogP contribution in [0.4, 0.5) is 5.82 Å².